The van der Waals surface area contributed by atoms with Gasteiger partial charge in [-0.1, -0.05) is 5.16 Å². The average Bonchev–Trinajstić information content (AvgIpc) is 3.75. The molecule has 0 radical (unpaired) electrons. The van der Waals surface area contributed by atoms with Crippen molar-refractivity contribution in [1.29, 1.82) is 0 Å². The Hall–Kier alpha value is -3.72. The number of rotatable bonds is 8. The molecular formula is C29H31N6NaO7S. The molecule has 4 aliphatic rings. The van der Waals surface area contributed by atoms with Crippen LogP contribution in [0.5, 0.6) is 5.75 Å². The molecule has 13 nitrogen and oxygen atoms in total. The van der Waals surface area contributed by atoms with Gasteiger partial charge in [0.2, 0.25) is 0 Å². The monoisotopic (exact) mass is 630 g/mol. The molecule has 1 saturated carbocycles. The molecular weight excluding hydrogens is 599 g/mol. The first kappa shape index (κ1) is 31.7. The van der Waals surface area contributed by atoms with Crippen LogP contribution in [0.15, 0.2) is 57.7 Å². The number of carboxylic acids is 1. The molecule has 44 heavy (non-hydrogen) atoms. The number of allylic oxidation sites excluding steroid dienone is 2. The summed E-state index contributed by atoms with van der Waals surface area (Å²) in [6.45, 7) is 0.406. The van der Waals surface area contributed by atoms with E-state index in [2.05, 4.69) is 15.5 Å². The number of phenols is 1. The minimum Gasteiger partial charge on any atom is -1.00 e. The normalized spacial score (nSPS) is 23.0. The fourth-order valence-electron chi connectivity index (χ4n) is 6.00. The number of nitrogens with two attached hydrogens (primary N) is 1. The van der Waals surface area contributed by atoms with E-state index >= 15 is 0 Å². The number of thiazole rings is 1. The standard InChI is InChI=1S/C29H30N6O7S.Na.H/c30-29-31-20(14-43-29)22(33-42-19-3-1-2-4-19)25(37)32-23-21-10-5-15(24(28(40)41)35(21)27(23)39)13-16-11-12-34(26(16)38)17-6-8-18(36)9-7-17;;/h6-9,13-14,19,21,23,36H,1-5,10-12H2,(H2,30,31)(H,32,37)(H,40,41);;/q;+1;-1/b16-13+,33-22-;;/t21-,23+;;/m1../s1. The third-order valence-electron chi connectivity index (χ3n) is 8.17. The zero-order valence-electron chi connectivity index (χ0n) is 25.1. The molecule has 3 aliphatic heterocycles. The number of hydrogen-bond acceptors (Lipinski definition) is 10. The van der Waals surface area contributed by atoms with Crippen molar-refractivity contribution in [3.05, 3.63) is 58.3 Å². The number of phenolic OH excluding ortho intramolecular Hbond substituents is 1. The summed E-state index contributed by atoms with van der Waals surface area (Å²) in [5, 5.41) is 28.3. The zero-order chi connectivity index (χ0) is 30.2. The van der Waals surface area contributed by atoms with Crippen molar-refractivity contribution in [2.45, 2.75) is 63.1 Å². The molecule has 15 heteroatoms. The molecule has 2 saturated heterocycles. The van der Waals surface area contributed by atoms with E-state index in [1.54, 1.807) is 28.5 Å². The summed E-state index contributed by atoms with van der Waals surface area (Å²) >= 11 is 1.14. The molecule has 1 aromatic carbocycles. The molecule has 0 bridgehead atoms. The van der Waals surface area contributed by atoms with E-state index in [-0.39, 0.29) is 71.0 Å². The van der Waals surface area contributed by atoms with Crippen LogP contribution in [0.3, 0.4) is 0 Å². The van der Waals surface area contributed by atoms with Gasteiger partial charge in [-0.2, -0.15) is 0 Å². The molecule has 0 spiro atoms. The van der Waals surface area contributed by atoms with Gasteiger partial charge in [0, 0.05) is 23.2 Å². The minimum atomic E-state index is -1.29. The Morgan fingerprint density at radius 2 is 1.89 bits per heavy atom. The zero-order valence-corrected chi connectivity index (χ0v) is 26.9. The fraction of sp³-hybridized carbons (Fsp3) is 0.379. The van der Waals surface area contributed by atoms with Crippen molar-refractivity contribution < 1.29 is 65.2 Å². The van der Waals surface area contributed by atoms with E-state index < -0.39 is 29.9 Å². The van der Waals surface area contributed by atoms with Crippen molar-refractivity contribution >= 4 is 51.6 Å². The maximum atomic E-state index is 13.3. The number of aromatic nitrogens is 1. The molecule has 1 aliphatic carbocycles. The van der Waals surface area contributed by atoms with Gasteiger partial charge < -0.3 is 32.4 Å². The second-order valence-corrected chi connectivity index (χ2v) is 11.7. The van der Waals surface area contributed by atoms with Gasteiger partial charge in [-0.05, 0) is 80.9 Å². The summed E-state index contributed by atoms with van der Waals surface area (Å²) in [5.74, 6) is -2.70. The van der Waals surface area contributed by atoms with Gasteiger partial charge in [0.25, 0.3) is 17.7 Å². The predicted octanol–water partition coefficient (Wildman–Crippen LogP) is -0.598. The first-order chi connectivity index (χ1) is 20.7. The van der Waals surface area contributed by atoms with Crippen LogP contribution < -0.4 is 45.5 Å². The molecule has 2 aromatic rings. The summed E-state index contributed by atoms with van der Waals surface area (Å²) < 4.78 is 0. The Morgan fingerprint density at radius 3 is 2.55 bits per heavy atom. The van der Waals surface area contributed by atoms with Crippen molar-refractivity contribution in [2.24, 2.45) is 5.16 Å². The molecule has 1 aromatic heterocycles. The number of carbonyl (C=O) groups is 4. The number of anilines is 2. The number of hydrogen-bond donors (Lipinski definition) is 4. The Balaban J connectivity index is 0.00000230. The maximum absolute atomic E-state index is 13.3. The number of carbonyl (C=O) groups excluding carboxylic acids is 3. The number of nitrogens with one attached hydrogen (secondary N) is 1. The van der Waals surface area contributed by atoms with Crippen molar-refractivity contribution in [3.63, 3.8) is 0 Å². The van der Waals surface area contributed by atoms with Gasteiger partial charge in [-0.25, -0.2) is 9.78 Å². The number of carboxylic acid groups (broad SMARTS) is 1. The first-order valence-corrected chi connectivity index (χ1v) is 15.0. The molecule has 3 amide bonds. The van der Waals surface area contributed by atoms with E-state index in [1.807, 2.05) is 0 Å². The topological polar surface area (TPSA) is 188 Å². The number of β-lactam (4-membered cyclic amide) rings is 1. The number of fused-ring (bicyclic) bond motifs is 1. The second-order valence-electron chi connectivity index (χ2n) is 10.9. The van der Waals surface area contributed by atoms with Crippen LogP contribution in [0.25, 0.3) is 0 Å². The van der Waals surface area contributed by atoms with Crippen LogP contribution in [0.1, 0.15) is 52.1 Å². The van der Waals surface area contributed by atoms with E-state index in [9.17, 15) is 29.4 Å². The molecule has 2 atom stereocenters. The van der Waals surface area contributed by atoms with E-state index in [0.29, 0.717) is 42.6 Å². The molecule has 4 heterocycles. The van der Waals surface area contributed by atoms with Gasteiger partial charge >= 0.3 is 35.5 Å². The third-order valence-corrected chi connectivity index (χ3v) is 8.85. The van der Waals surface area contributed by atoms with Crippen LogP contribution in [0.2, 0.25) is 0 Å². The quantitative estimate of drug-likeness (QED) is 0.0971. The Bertz CT molecular complexity index is 1590. The van der Waals surface area contributed by atoms with Gasteiger partial charge in [0.1, 0.15) is 29.3 Å². The Labute approximate surface area is 280 Å². The van der Waals surface area contributed by atoms with E-state index in [0.717, 1.165) is 37.0 Å². The molecule has 226 valence electrons. The van der Waals surface area contributed by atoms with Crippen LogP contribution in [-0.4, -0.2) is 74.2 Å². The number of nitrogen functional groups attached to an aromatic ring is 1. The maximum Gasteiger partial charge on any atom is 1.00 e. The number of benzene rings is 1. The number of aliphatic carboxylic acids is 1. The summed E-state index contributed by atoms with van der Waals surface area (Å²) in [5.41, 5.74) is 7.14. The van der Waals surface area contributed by atoms with Crippen molar-refractivity contribution in [3.8, 4) is 5.75 Å². The van der Waals surface area contributed by atoms with Gasteiger partial charge in [0.15, 0.2) is 10.8 Å². The van der Waals surface area contributed by atoms with Gasteiger partial charge in [-0.3, -0.25) is 19.3 Å². The van der Waals surface area contributed by atoms with Crippen LogP contribution in [-0.2, 0) is 24.0 Å². The van der Waals surface area contributed by atoms with E-state index in [1.165, 1.54) is 17.0 Å². The Kier molecular flexibility index (Phi) is 9.44. The number of aromatic hydroxyl groups is 1. The fourth-order valence-corrected chi connectivity index (χ4v) is 6.55. The van der Waals surface area contributed by atoms with Gasteiger partial charge in [0.05, 0.1) is 6.04 Å². The summed E-state index contributed by atoms with van der Waals surface area (Å²) in [7, 11) is 0. The molecule has 3 fully saturated rings. The van der Waals surface area contributed by atoms with Crippen LogP contribution >= 0.6 is 11.3 Å². The first-order valence-electron chi connectivity index (χ1n) is 14.1. The van der Waals surface area contributed by atoms with Gasteiger partial charge in [-0.15, -0.1) is 11.3 Å². The van der Waals surface area contributed by atoms with Crippen LogP contribution in [0.4, 0.5) is 10.8 Å². The Morgan fingerprint density at radius 1 is 1.16 bits per heavy atom. The predicted molar refractivity (Wildman–Crippen MR) is 157 cm³/mol. The molecule has 0 unspecified atom stereocenters. The summed E-state index contributed by atoms with van der Waals surface area (Å²) in [6.07, 6.45) is 6.25. The number of amides is 3. The molecule has 5 N–H and O–H groups in total. The van der Waals surface area contributed by atoms with Crippen LogP contribution in [0, 0.1) is 0 Å². The van der Waals surface area contributed by atoms with E-state index in [4.69, 9.17) is 10.6 Å². The average molecular weight is 631 g/mol. The number of oxime groups is 1. The van der Waals surface area contributed by atoms with Crippen molar-refractivity contribution in [1.82, 2.24) is 15.2 Å². The third kappa shape index (κ3) is 6.11. The summed E-state index contributed by atoms with van der Waals surface area (Å²) in [6, 6.07) is 4.72. The molecule has 6 rings (SSSR count). The number of nitrogens with zero attached hydrogens (tertiary/aromatic N) is 4. The second kappa shape index (κ2) is 13.1. The minimum absolute atomic E-state index is 0. The summed E-state index contributed by atoms with van der Waals surface area (Å²) in [4.78, 5) is 64.6. The smallest absolute Gasteiger partial charge is 1.00 e. The van der Waals surface area contributed by atoms with Crippen molar-refractivity contribution in [2.75, 3.05) is 17.2 Å². The largest absolute Gasteiger partial charge is 1.00 e. The SMILES string of the molecule is Nc1nc(/C(=N/OC2CCCC2)C(=O)N[C@@H]2C(=O)N3C(C(=O)O)=C(/C=C4\CCN(c5ccc(O)cc5)C4=O)CC[C@H]23)cs1.[H-].[Na+].